The lowest BCUT2D eigenvalue weighted by atomic mass is 10.1. The zero-order valence-electron chi connectivity index (χ0n) is 16.7. The molecule has 1 fully saturated rings. The number of rotatable bonds is 7. The van der Waals surface area contributed by atoms with Crippen LogP contribution in [-0.4, -0.2) is 55.0 Å². The quantitative estimate of drug-likeness (QED) is 0.371. The van der Waals surface area contributed by atoms with Crippen molar-refractivity contribution < 1.29 is 33.3 Å². The molecule has 1 saturated heterocycles. The normalized spacial score (nSPS) is 25.2. The monoisotopic (exact) mass is 486 g/mol. The zero-order valence-corrected chi connectivity index (χ0v) is 18.5. The number of ether oxygens (including phenoxy) is 1. The fourth-order valence-corrected chi connectivity index (χ4v) is 4.18. The van der Waals surface area contributed by atoms with Crippen LogP contribution in [0.25, 0.3) is 11.0 Å². The van der Waals surface area contributed by atoms with Crippen LogP contribution in [0, 0.1) is 5.82 Å². The number of aromatic nitrogens is 3. The molecule has 1 aromatic heterocycles. The van der Waals surface area contributed by atoms with E-state index >= 15 is 0 Å². The van der Waals surface area contributed by atoms with Gasteiger partial charge in [0, 0.05) is 10.6 Å². The van der Waals surface area contributed by atoms with Gasteiger partial charge in [-0.05, 0) is 25.1 Å². The van der Waals surface area contributed by atoms with Gasteiger partial charge in [0.25, 0.3) is 0 Å². The third kappa shape index (κ3) is 4.51. The third-order valence-electron chi connectivity index (χ3n) is 5.24. The summed E-state index contributed by atoms with van der Waals surface area (Å²) >= 11 is 6.28. The summed E-state index contributed by atoms with van der Waals surface area (Å²) in [6, 6.07) is 9.15. The molecule has 4 rings (SSSR count). The van der Waals surface area contributed by atoms with Crippen molar-refractivity contribution in [3.8, 4) is 0 Å². The van der Waals surface area contributed by atoms with E-state index < -0.39 is 38.8 Å². The molecule has 0 radical (unpaired) electrons. The first-order valence-electron chi connectivity index (χ1n) is 9.69. The third-order valence-corrected chi connectivity index (χ3v) is 5.87. The average Bonchev–Trinajstić information content (AvgIpc) is 3.28. The minimum Gasteiger partial charge on any atom is -0.387 e. The van der Waals surface area contributed by atoms with Gasteiger partial charge >= 0.3 is 8.25 Å². The summed E-state index contributed by atoms with van der Waals surface area (Å²) in [4.78, 5) is 8.84. The number of nitrogens with one attached hydrogen (secondary N) is 1. The Morgan fingerprint density at radius 1 is 1.34 bits per heavy atom. The molecule has 10 nitrogen and oxygen atoms in total. The fraction of sp³-hybridized carbons (Fsp3) is 0.368. The van der Waals surface area contributed by atoms with Crippen molar-refractivity contribution in [2.45, 2.75) is 37.5 Å². The van der Waals surface area contributed by atoms with E-state index in [0.29, 0.717) is 27.3 Å². The van der Waals surface area contributed by atoms with E-state index in [1.165, 1.54) is 10.7 Å². The Labute approximate surface area is 187 Å². The number of anilines is 1. The van der Waals surface area contributed by atoms with Crippen molar-refractivity contribution in [3.05, 3.63) is 52.8 Å². The van der Waals surface area contributed by atoms with Crippen molar-refractivity contribution in [2.75, 3.05) is 11.9 Å². The van der Waals surface area contributed by atoms with Gasteiger partial charge in [0.05, 0.1) is 23.9 Å². The summed E-state index contributed by atoms with van der Waals surface area (Å²) in [6.45, 7) is 1.40. The van der Waals surface area contributed by atoms with Gasteiger partial charge in [0.1, 0.15) is 29.6 Å². The number of hydrogen-bond donors (Lipinski definition) is 4. The van der Waals surface area contributed by atoms with Crippen molar-refractivity contribution in [3.63, 3.8) is 0 Å². The molecule has 1 unspecified atom stereocenters. The molecule has 172 valence electrons. The van der Waals surface area contributed by atoms with E-state index in [4.69, 9.17) is 21.2 Å². The lowest BCUT2D eigenvalue weighted by molar-refractivity contribution is -0.0540. The molecule has 1 aliphatic rings. The Balaban J connectivity index is 1.64. The maximum atomic E-state index is 14.2. The predicted molar refractivity (Wildman–Crippen MR) is 114 cm³/mol. The molecular formula is C19H21ClFN4O6P. The summed E-state index contributed by atoms with van der Waals surface area (Å²) in [7, 11) is -3.23. The van der Waals surface area contributed by atoms with Gasteiger partial charge in [-0.2, -0.15) is 0 Å². The number of hydrogen-bond acceptors (Lipinski definition) is 8. The zero-order chi connectivity index (χ0) is 23.0. The number of aliphatic hydroxyl groups excluding tert-OH is 2. The van der Waals surface area contributed by atoms with Crippen LogP contribution in [0.4, 0.5) is 10.1 Å². The SMILES string of the molecule is C[C@H](Nc1cc(Cl)cc2c1nnn2[C@@H]1O[C@H](CO[PH](=O)O)[C@@H](O)[C@H]1O)c1ccccc1F. The van der Waals surface area contributed by atoms with Crippen LogP contribution in [0.1, 0.15) is 24.8 Å². The van der Waals surface area contributed by atoms with Crippen molar-refractivity contribution >= 4 is 36.6 Å². The highest BCUT2D eigenvalue weighted by molar-refractivity contribution is 7.32. The fourth-order valence-electron chi connectivity index (χ4n) is 3.66. The molecule has 32 heavy (non-hydrogen) atoms. The smallest absolute Gasteiger partial charge is 0.316 e. The topological polar surface area (TPSA) is 139 Å². The molecule has 2 aromatic carbocycles. The molecule has 2 heterocycles. The second-order valence-corrected chi connectivity index (χ2v) is 8.62. The second kappa shape index (κ2) is 9.40. The van der Waals surface area contributed by atoms with Crippen molar-refractivity contribution in [1.82, 2.24) is 15.0 Å². The van der Waals surface area contributed by atoms with Crippen molar-refractivity contribution in [2.24, 2.45) is 0 Å². The molecule has 0 spiro atoms. The van der Waals surface area contributed by atoms with Crippen molar-refractivity contribution in [1.29, 1.82) is 0 Å². The van der Waals surface area contributed by atoms with Gasteiger partial charge in [-0.3, -0.25) is 4.57 Å². The van der Waals surface area contributed by atoms with Gasteiger partial charge in [-0.1, -0.05) is 35.0 Å². The molecule has 0 aliphatic carbocycles. The second-order valence-electron chi connectivity index (χ2n) is 7.37. The maximum Gasteiger partial charge on any atom is 0.316 e. The maximum absolute atomic E-state index is 14.2. The van der Waals surface area contributed by atoms with Crippen LogP contribution in [0.5, 0.6) is 0 Å². The van der Waals surface area contributed by atoms with E-state index in [2.05, 4.69) is 20.2 Å². The molecular weight excluding hydrogens is 466 g/mol. The summed E-state index contributed by atoms with van der Waals surface area (Å²) in [5, 5.41) is 32.4. The molecule has 13 heteroatoms. The Morgan fingerprint density at radius 2 is 2.09 bits per heavy atom. The molecule has 0 amide bonds. The lowest BCUT2D eigenvalue weighted by Gasteiger charge is -2.18. The lowest BCUT2D eigenvalue weighted by Crippen LogP contribution is -2.33. The highest BCUT2D eigenvalue weighted by Crippen LogP contribution is 2.35. The Bertz CT molecular complexity index is 1150. The Kier molecular flexibility index (Phi) is 6.78. The van der Waals surface area contributed by atoms with Crippen LogP contribution in [0.2, 0.25) is 5.02 Å². The highest BCUT2D eigenvalue weighted by Gasteiger charge is 2.45. The van der Waals surface area contributed by atoms with Crippen LogP contribution < -0.4 is 5.32 Å². The molecule has 1 aliphatic heterocycles. The van der Waals surface area contributed by atoms with Crippen LogP contribution in [0.3, 0.4) is 0 Å². The van der Waals surface area contributed by atoms with E-state index in [9.17, 15) is 19.2 Å². The van der Waals surface area contributed by atoms with Gasteiger partial charge in [-0.25, -0.2) is 9.07 Å². The van der Waals surface area contributed by atoms with Gasteiger partial charge < -0.3 is 29.7 Å². The van der Waals surface area contributed by atoms with Crippen LogP contribution >= 0.6 is 19.9 Å². The molecule has 0 bridgehead atoms. The Morgan fingerprint density at radius 3 is 2.81 bits per heavy atom. The number of aliphatic hydroxyl groups is 2. The molecule has 6 atom stereocenters. The molecule has 0 saturated carbocycles. The van der Waals surface area contributed by atoms with E-state index in [-0.39, 0.29) is 12.4 Å². The first-order valence-corrected chi connectivity index (χ1v) is 11.3. The predicted octanol–water partition coefficient (Wildman–Crippen LogP) is 2.41. The van der Waals surface area contributed by atoms with E-state index in [0.717, 1.165) is 0 Å². The Hall–Kier alpha value is -2.11. The van der Waals surface area contributed by atoms with E-state index in [1.807, 2.05) is 0 Å². The number of fused-ring (bicyclic) bond motifs is 1. The first kappa shape index (κ1) is 23.1. The summed E-state index contributed by atoms with van der Waals surface area (Å²) in [6.07, 6.45) is -4.96. The highest BCUT2D eigenvalue weighted by atomic mass is 35.5. The molecule has 3 aromatic rings. The van der Waals surface area contributed by atoms with Gasteiger partial charge in [0.2, 0.25) is 0 Å². The largest absolute Gasteiger partial charge is 0.387 e. The first-order chi connectivity index (χ1) is 15.3. The summed E-state index contributed by atoms with van der Waals surface area (Å²) in [5.41, 5.74) is 1.73. The standard InChI is InChI=1S/C19H21ClFN4O6P/c1-9(11-4-2-3-5-12(11)21)22-13-6-10(20)7-14-16(13)23-24-25(14)19-18(27)17(26)15(31-19)8-30-32(28)29/h2-7,9,15,17-19,22,26-27,32H,8H2,1H3,(H,28,29)/t9-,15+,17+,18+,19+/m0/s1. The number of nitrogens with zero attached hydrogens (tertiary/aromatic N) is 3. The number of benzene rings is 2. The number of halogens is 2. The molecule has 4 N–H and O–H groups in total. The van der Waals surface area contributed by atoms with Crippen LogP contribution in [-0.2, 0) is 13.8 Å². The van der Waals surface area contributed by atoms with Crippen LogP contribution in [0.15, 0.2) is 36.4 Å². The minimum absolute atomic E-state index is 0.330. The van der Waals surface area contributed by atoms with Gasteiger partial charge in [0.15, 0.2) is 6.23 Å². The average molecular weight is 487 g/mol. The summed E-state index contributed by atoms with van der Waals surface area (Å²) in [5.74, 6) is -0.357. The minimum atomic E-state index is -3.23. The van der Waals surface area contributed by atoms with Gasteiger partial charge in [-0.15, -0.1) is 5.10 Å². The summed E-state index contributed by atoms with van der Waals surface area (Å²) < 4.78 is 36.5. The van der Waals surface area contributed by atoms with E-state index in [1.54, 1.807) is 37.3 Å².